The van der Waals surface area contributed by atoms with Crippen molar-refractivity contribution in [1.82, 2.24) is 19.7 Å². The van der Waals surface area contributed by atoms with E-state index in [0.29, 0.717) is 17.8 Å². The number of pyridine rings is 2. The molecule has 10 heteroatoms. The molecule has 7 nitrogen and oxygen atoms in total. The first-order chi connectivity index (χ1) is 14.6. The molecule has 164 valence electrons. The van der Waals surface area contributed by atoms with Crippen LogP contribution in [0, 0.1) is 6.92 Å². The molecule has 2 unspecified atom stereocenters. The summed E-state index contributed by atoms with van der Waals surface area (Å²) in [5.41, 5.74) is -0.376. The van der Waals surface area contributed by atoms with Crippen molar-refractivity contribution in [2.45, 2.75) is 39.0 Å². The zero-order chi connectivity index (χ0) is 22.3. The third-order valence-corrected chi connectivity index (χ3v) is 5.13. The number of carbonyl (C=O) groups is 1. The SMILES string of the molecule is Cc1cn2cc(NC(=O)c3ccc(N4CC(C)NC(C)C4)nc3)cc(C(F)(F)F)c2n1. The van der Waals surface area contributed by atoms with E-state index in [4.69, 9.17) is 0 Å². The first-order valence-corrected chi connectivity index (χ1v) is 9.95. The van der Waals surface area contributed by atoms with Gasteiger partial charge in [-0.1, -0.05) is 0 Å². The summed E-state index contributed by atoms with van der Waals surface area (Å²) in [5, 5.41) is 5.98. The highest BCUT2D eigenvalue weighted by molar-refractivity contribution is 6.04. The molecule has 0 radical (unpaired) electrons. The van der Waals surface area contributed by atoms with Crippen molar-refractivity contribution >= 4 is 23.1 Å². The molecule has 0 aliphatic carbocycles. The second-order valence-corrected chi connectivity index (χ2v) is 7.99. The molecule has 1 amide bonds. The summed E-state index contributed by atoms with van der Waals surface area (Å²) < 4.78 is 41.6. The molecular weight excluding hydrogens is 409 g/mol. The van der Waals surface area contributed by atoms with Gasteiger partial charge in [0.15, 0.2) is 0 Å². The number of amides is 1. The maximum absolute atomic E-state index is 13.5. The number of aromatic nitrogens is 3. The van der Waals surface area contributed by atoms with E-state index in [0.717, 1.165) is 25.0 Å². The Balaban J connectivity index is 1.55. The molecule has 0 aromatic carbocycles. The largest absolute Gasteiger partial charge is 0.420 e. The maximum atomic E-state index is 13.5. The Bertz CT molecular complexity index is 1100. The number of alkyl halides is 3. The van der Waals surface area contributed by atoms with Gasteiger partial charge in [0.05, 0.1) is 16.9 Å². The summed E-state index contributed by atoms with van der Waals surface area (Å²) in [7, 11) is 0. The highest BCUT2D eigenvalue weighted by Crippen LogP contribution is 2.34. The van der Waals surface area contributed by atoms with Crippen LogP contribution in [0.5, 0.6) is 0 Å². The van der Waals surface area contributed by atoms with Crippen LogP contribution in [0.15, 0.2) is 36.8 Å². The van der Waals surface area contributed by atoms with Gasteiger partial charge in [-0.25, -0.2) is 9.97 Å². The van der Waals surface area contributed by atoms with E-state index in [1.807, 2.05) is 0 Å². The minimum absolute atomic E-state index is 0.0241. The monoisotopic (exact) mass is 432 g/mol. The molecule has 0 spiro atoms. The van der Waals surface area contributed by atoms with Crippen molar-refractivity contribution in [3.8, 4) is 0 Å². The first kappa shape index (κ1) is 21.1. The van der Waals surface area contributed by atoms with E-state index in [9.17, 15) is 18.0 Å². The van der Waals surface area contributed by atoms with E-state index in [2.05, 4.69) is 39.3 Å². The van der Waals surface area contributed by atoms with Crippen LogP contribution in [0.4, 0.5) is 24.7 Å². The van der Waals surface area contributed by atoms with E-state index in [1.54, 1.807) is 19.1 Å². The van der Waals surface area contributed by atoms with Gasteiger partial charge in [-0.05, 0) is 39.0 Å². The van der Waals surface area contributed by atoms with Crippen LogP contribution in [-0.4, -0.2) is 45.4 Å². The third kappa shape index (κ3) is 4.48. The molecule has 3 aromatic heterocycles. The van der Waals surface area contributed by atoms with Gasteiger partial charge in [0.2, 0.25) is 0 Å². The topological polar surface area (TPSA) is 74.6 Å². The lowest BCUT2D eigenvalue weighted by Gasteiger charge is -2.36. The number of fused-ring (bicyclic) bond motifs is 1. The molecule has 31 heavy (non-hydrogen) atoms. The third-order valence-electron chi connectivity index (χ3n) is 5.13. The van der Waals surface area contributed by atoms with E-state index >= 15 is 0 Å². The van der Waals surface area contributed by atoms with Crippen molar-refractivity contribution in [2.24, 2.45) is 0 Å². The first-order valence-electron chi connectivity index (χ1n) is 9.95. The quantitative estimate of drug-likeness (QED) is 0.663. The fourth-order valence-electron chi connectivity index (χ4n) is 3.92. The summed E-state index contributed by atoms with van der Waals surface area (Å²) in [4.78, 5) is 23.1. The molecule has 1 fully saturated rings. The molecule has 4 heterocycles. The Labute approximate surface area is 177 Å². The van der Waals surface area contributed by atoms with Gasteiger partial charge in [-0.15, -0.1) is 0 Å². The van der Waals surface area contributed by atoms with Gasteiger partial charge in [0.1, 0.15) is 17.0 Å². The van der Waals surface area contributed by atoms with Crippen molar-refractivity contribution in [2.75, 3.05) is 23.3 Å². The zero-order valence-corrected chi connectivity index (χ0v) is 17.4. The highest BCUT2D eigenvalue weighted by atomic mass is 19.4. The van der Waals surface area contributed by atoms with Gasteiger partial charge >= 0.3 is 6.18 Å². The van der Waals surface area contributed by atoms with Crippen molar-refractivity contribution in [3.63, 3.8) is 0 Å². The molecule has 4 rings (SSSR count). The molecular formula is C21H23F3N6O. The molecule has 3 aromatic rings. The summed E-state index contributed by atoms with van der Waals surface area (Å²) in [6.07, 6.45) is -0.271. The Kier molecular flexibility index (Phi) is 5.34. The summed E-state index contributed by atoms with van der Waals surface area (Å²) in [5.74, 6) is 0.219. The van der Waals surface area contributed by atoms with Gasteiger partial charge in [-0.2, -0.15) is 13.2 Å². The van der Waals surface area contributed by atoms with Crippen molar-refractivity contribution < 1.29 is 18.0 Å². The predicted molar refractivity (Wildman–Crippen MR) is 111 cm³/mol. The second-order valence-electron chi connectivity index (χ2n) is 7.99. The minimum Gasteiger partial charge on any atom is -0.354 e. The molecule has 1 aliphatic rings. The van der Waals surface area contributed by atoms with Gasteiger partial charge in [0.25, 0.3) is 5.91 Å². The van der Waals surface area contributed by atoms with Gasteiger partial charge in [0, 0.05) is 43.8 Å². The number of halogens is 3. The fraction of sp³-hybridized carbons (Fsp3) is 0.381. The normalized spacial score (nSPS) is 19.6. The number of rotatable bonds is 3. The number of piperazine rings is 1. The number of aryl methyl sites for hydroxylation is 1. The predicted octanol–water partition coefficient (Wildman–Crippen LogP) is 3.50. The minimum atomic E-state index is -4.60. The lowest BCUT2D eigenvalue weighted by atomic mass is 10.1. The van der Waals surface area contributed by atoms with Gasteiger partial charge in [-0.3, -0.25) is 4.79 Å². The Morgan fingerprint density at radius 3 is 2.52 bits per heavy atom. The average molecular weight is 432 g/mol. The van der Waals surface area contributed by atoms with Crippen LogP contribution in [0.1, 0.15) is 35.5 Å². The maximum Gasteiger partial charge on any atom is 0.420 e. The lowest BCUT2D eigenvalue weighted by molar-refractivity contribution is -0.136. The van der Waals surface area contributed by atoms with Crippen LogP contribution < -0.4 is 15.5 Å². The summed E-state index contributed by atoms with van der Waals surface area (Å²) >= 11 is 0. The number of carbonyl (C=O) groups excluding carboxylic acids is 1. The Morgan fingerprint density at radius 1 is 1.19 bits per heavy atom. The standard InChI is InChI=1S/C21H23F3N6O/c1-12-8-29(9-13(2)26-12)18-5-4-15(7-25-18)20(31)28-16-6-17(21(22,23)24)19-27-14(3)10-30(19)11-16/h4-7,10-13,26H,8-9H2,1-3H3,(H,28,31). The van der Waals surface area contributed by atoms with Crippen LogP contribution in [0.25, 0.3) is 5.65 Å². The van der Waals surface area contributed by atoms with Crippen LogP contribution >= 0.6 is 0 Å². The van der Waals surface area contributed by atoms with Gasteiger partial charge < -0.3 is 19.9 Å². The molecule has 0 saturated carbocycles. The van der Waals surface area contributed by atoms with E-state index < -0.39 is 17.6 Å². The van der Waals surface area contributed by atoms with Crippen molar-refractivity contribution in [1.29, 1.82) is 0 Å². The van der Waals surface area contributed by atoms with Crippen molar-refractivity contribution in [3.05, 3.63) is 53.6 Å². The smallest absolute Gasteiger partial charge is 0.354 e. The number of imidazole rings is 1. The number of hydrogen-bond acceptors (Lipinski definition) is 5. The molecule has 2 atom stereocenters. The average Bonchev–Trinajstić information content (AvgIpc) is 3.05. The number of nitrogens with zero attached hydrogens (tertiary/aromatic N) is 4. The number of hydrogen-bond donors (Lipinski definition) is 2. The van der Waals surface area contributed by atoms with E-state index in [-0.39, 0.29) is 16.9 Å². The number of anilines is 2. The molecule has 0 bridgehead atoms. The summed E-state index contributed by atoms with van der Waals surface area (Å²) in [6, 6.07) is 4.91. The Hall–Kier alpha value is -3.14. The lowest BCUT2D eigenvalue weighted by Crippen LogP contribution is -2.54. The molecule has 1 saturated heterocycles. The Morgan fingerprint density at radius 2 is 1.90 bits per heavy atom. The number of nitrogens with one attached hydrogen (secondary N) is 2. The van der Waals surface area contributed by atoms with Crippen LogP contribution in [0.2, 0.25) is 0 Å². The molecule has 1 aliphatic heterocycles. The highest BCUT2D eigenvalue weighted by Gasteiger charge is 2.34. The fourth-order valence-corrected chi connectivity index (χ4v) is 3.92. The van der Waals surface area contributed by atoms with Crippen LogP contribution in [-0.2, 0) is 6.18 Å². The second kappa shape index (κ2) is 7.84. The zero-order valence-electron chi connectivity index (χ0n) is 17.4. The van der Waals surface area contributed by atoms with Crippen LogP contribution in [0.3, 0.4) is 0 Å². The van der Waals surface area contributed by atoms with E-state index in [1.165, 1.54) is 23.0 Å². The summed E-state index contributed by atoms with van der Waals surface area (Å²) in [6.45, 7) is 7.40. The molecule has 2 N–H and O–H groups in total.